The van der Waals surface area contributed by atoms with Crippen molar-refractivity contribution in [3.05, 3.63) is 29.1 Å². The van der Waals surface area contributed by atoms with Crippen LogP contribution in [-0.4, -0.2) is 12.1 Å². The molecule has 0 aliphatic carbocycles. The molecule has 0 unspecified atom stereocenters. The molecule has 1 aromatic carbocycles. The predicted molar refractivity (Wildman–Crippen MR) is 38.7 cm³/mol. The number of hydrogen-bond donors (Lipinski definition) is 1. The Morgan fingerprint density at radius 1 is 1.31 bits per heavy atom. The maximum Gasteiger partial charge on any atom is 0.491 e. The highest BCUT2D eigenvalue weighted by molar-refractivity contribution is 6.61. The van der Waals surface area contributed by atoms with Crippen molar-refractivity contribution in [1.29, 1.82) is 0 Å². The highest BCUT2D eigenvalue weighted by Gasteiger charge is 2.32. The summed E-state index contributed by atoms with van der Waals surface area (Å²) in [5, 5.41) is 9.04. The molecule has 0 fully saturated rings. The van der Waals surface area contributed by atoms with Crippen LogP contribution in [0.25, 0.3) is 0 Å². The molecule has 0 bridgehead atoms. The van der Waals surface area contributed by atoms with Crippen molar-refractivity contribution in [2.24, 2.45) is 0 Å². The van der Waals surface area contributed by atoms with Gasteiger partial charge >= 0.3 is 7.12 Å². The Bertz CT molecular complexity index is 369. The molecule has 1 heterocycles. The topological polar surface area (TPSA) is 29.5 Å². The van der Waals surface area contributed by atoms with Crippen LogP contribution in [0.1, 0.15) is 5.56 Å². The second-order valence-corrected chi connectivity index (χ2v) is 2.72. The first-order chi connectivity index (χ1) is 6.11. The minimum Gasteiger partial charge on any atom is -0.423 e. The van der Waals surface area contributed by atoms with Crippen LogP contribution in [0.3, 0.4) is 0 Å². The van der Waals surface area contributed by atoms with E-state index in [1.165, 1.54) is 0 Å². The van der Waals surface area contributed by atoms with Gasteiger partial charge in [-0.3, -0.25) is 0 Å². The molecule has 2 nitrogen and oxygen atoms in total. The van der Waals surface area contributed by atoms with E-state index in [-0.39, 0.29) is 17.6 Å². The molecule has 68 valence electrons. The van der Waals surface area contributed by atoms with Crippen molar-refractivity contribution in [3.8, 4) is 0 Å². The molecule has 1 aliphatic rings. The minimum absolute atomic E-state index is 0.0450. The van der Waals surface area contributed by atoms with E-state index in [0.717, 1.165) is 6.07 Å². The molecule has 2 rings (SSSR count). The Kier molecular flexibility index (Phi) is 1.81. The van der Waals surface area contributed by atoms with Gasteiger partial charge in [-0.15, -0.1) is 0 Å². The average molecular weight is 188 g/mol. The third-order valence-electron chi connectivity index (χ3n) is 1.95. The summed E-state index contributed by atoms with van der Waals surface area (Å²) in [6.45, 7) is -0.237. The van der Waals surface area contributed by atoms with E-state index in [1.807, 2.05) is 0 Å². The Morgan fingerprint density at radius 3 is 2.69 bits per heavy atom. The Balaban J connectivity index is 2.67. The SMILES string of the molecule is OB1OCc2c1cc(F)c(F)c2F. The van der Waals surface area contributed by atoms with Gasteiger partial charge in [-0.25, -0.2) is 13.2 Å². The average Bonchev–Trinajstić information content (AvgIpc) is 2.45. The number of fused-ring (bicyclic) bond motifs is 1. The van der Waals surface area contributed by atoms with E-state index in [1.54, 1.807) is 0 Å². The van der Waals surface area contributed by atoms with Crippen molar-refractivity contribution in [3.63, 3.8) is 0 Å². The van der Waals surface area contributed by atoms with Crippen LogP contribution >= 0.6 is 0 Å². The van der Waals surface area contributed by atoms with Gasteiger partial charge in [0.05, 0.1) is 6.61 Å². The predicted octanol–water partition coefficient (Wildman–Crippen LogP) is 0.322. The molecule has 0 saturated heterocycles. The van der Waals surface area contributed by atoms with Crippen molar-refractivity contribution in [2.75, 3.05) is 0 Å². The van der Waals surface area contributed by atoms with Gasteiger partial charge in [-0.2, -0.15) is 0 Å². The minimum atomic E-state index is -1.53. The van der Waals surface area contributed by atoms with Crippen molar-refractivity contribution < 1.29 is 22.8 Å². The molecule has 6 heteroatoms. The van der Waals surface area contributed by atoms with E-state index in [9.17, 15) is 13.2 Å². The number of rotatable bonds is 0. The van der Waals surface area contributed by atoms with Gasteiger partial charge in [0.1, 0.15) is 0 Å². The van der Waals surface area contributed by atoms with E-state index in [2.05, 4.69) is 4.65 Å². The molecular formula is C7H4BF3O2. The van der Waals surface area contributed by atoms with Gasteiger partial charge in [0.2, 0.25) is 0 Å². The summed E-state index contributed by atoms with van der Waals surface area (Å²) in [5.74, 6) is -4.14. The lowest BCUT2D eigenvalue weighted by Gasteiger charge is -2.01. The molecule has 0 radical (unpaired) electrons. The monoisotopic (exact) mass is 188 g/mol. The number of benzene rings is 1. The lowest BCUT2D eigenvalue weighted by atomic mass is 9.79. The van der Waals surface area contributed by atoms with E-state index >= 15 is 0 Å². The maximum atomic E-state index is 12.9. The fraction of sp³-hybridized carbons (Fsp3) is 0.143. The van der Waals surface area contributed by atoms with Gasteiger partial charge in [-0.1, -0.05) is 0 Å². The van der Waals surface area contributed by atoms with Crippen LogP contribution in [0, 0.1) is 17.5 Å². The fourth-order valence-electron chi connectivity index (χ4n) is 1.27. The summed E-state index contributed by atoms with van der Waals surface area (Å²) in [6.07, 6.45) is 0. The molecule has 0 atom stereocenters. The Morgan fingerprint density at radius 2 is 2.00 bits per heavy atom. The summed E-state index contributed by atoms with van der Waals surface area (Å²) in [4.78, 5) is 0. The second kappa shape index (κ2) is 2.75. The Hall–Kier alpha value is -1.01. The normalized spacial score (nSPS) is 14.9. The van der Waals surface area contributed by atoms with Gasteiger partial charge in [-0.05, 0) is 11.5 Å². The summed E-state index contributed by atoms with van der Waals surface area (Å²) in [7, 11) is -1.36. The summed E-state index contributed by atoms with van der Waals surface area (Å²) in [6, 6.07) is 0.741. The summed E-state index contributed by atoms with van der Waals surface area (Å²) in [5.41, 5.74) is -0.164. The van der Waals surface area contributed by atoms with Crippen LogP contribution in [0.2, 0.25) is 0 Å². The van der Waals surface area contributed by atoms with Crippen molar-refractivity contribution in [1.82, 2.24) is 0 Å². The quantitative estimate of drug-likeness (QED) is 0.469. The largest absolute Gasteiger partial charge is 0.491 e. The number of halogens is 3. The molecule has 0 spiro atoms. The van der Waals surface area contributed by atoms with Crippen molar-refractivity contribution >= 4 is 12.6 Å². The van der Waals surface area contributed by atoms with Crippen LogP contribution in [0.4, 0.5) is 13.2 Å². The highest BCUT2D eigenvalue weighted by atomic mass is 19.2. The zero-order chi connectivity index (χ0) is 9.59. The van der Waals surface area contributed by atoms with Gasteiger partial charge in [0.25, 0.3) is 0 Å². The molecule has 0 saturated carbocycles. The number of hydrogen-bond acceptors (Lipinski definition) is 2. The molecule has 13 heavy (non-hydrogen) atoms. The van der Waals surface area contributed by atoms with Crippen molar-refractivity contribution in [2.45, 2.75) is 6.61 Å². The lowest BCUT2D eigenvalue weighted by Crippen LogP contribution is -2.29. The highest BCUT2D eigenvalue weighted by Crippen LogP contribution is 2.18. The third kappa shape index (κ3) is 1.14. The molecule has 0 aromatic heterocycles. The zero-order valence-corrected chi connectivity index (χ0v) is 6.35. The second-order valence-electron chi connectivity index (χ2n) is 2.72. The molecule has 1 N–H and O–H groups in total. The first-order valence-corrected chi connectivity index (χ1v) is 3.57. The molecule has 1 aliphatic heterocycles. The lowest BCUT2D eigenvalue weighted by molar-refractivity contribution is 0.271. The fourth-order valence-corrected chi connectivity index (χ4v) is 1.27. The van der Waals surface area contributed by atoms with Crippen LogP contribution in [-0.2, 0) is 11.3 Å². The van der Waals surface area contributed by atoms with E-state index in [4.69, 9.17) is 5.02 Å². The first kappa shape index (κ1) is 8.59. The standard InChI is InChI=1S/C7H4BF3O2/c9-5-1-4-3(2-13-8(4)12)6(10)7(5)11/h1,12H,2H2. The zero-order valence-electron chi connectivity index (χ0n) is 6.35. The summed E-state index contributed by atoms with van der Waals surface area (Å²) >= 11 is 0. The maximum absolute atomic E-state index is 12.9. The van der Waals surface area contributed by atoms with Crippen LogP contribution in [0.15, 0.2) is 6.07 Å². The third-order valence-corrected chi connectivity index (χ3v) is 1.95. The molecule has 1 aromatic rings. The smallest absolute Gasteiger partial charge is 0.423 e. The first-order valence-electron chi connectivity index (χ1n) is 3.57. The van der Waals surface area contributed by atoms with Gasteiger partial charge < -0.3 is 9.68 Å². The molecular weight excluding hydrogens is 184 g/mol. The van der Waals surface area contributed by atoms with Gasteiger partial charge in [0, 0.05) is 5.56 Å². The molecule has 0 amide bonds. The Labute approximate surface area is 72.1 Å². The van der Waals surface area contributed by atoms with E-state index in [0.29, 0.717) is 0 Å². The van der Waals surface area contributed by atoms with Crippen LogP contribution < -0.4 is 5.46 Å². The van der Waals surface area contributed by atoms with Crippen LogP contribution in [0.5, 0.6) is 0 Å². The van der Waals surface area contributed by atoms with Gasteiger partial charge in [0.15, 0.2) is 17.5 Å². The van der Waals surface area contributed by atoms with E-state index < -0.39 is 24.6 Å². The summed E-state index contributed by atoms with van der Waals surface area (Å²) < 4.78 is 42.8.